The summed E-state index contributed by atoms with van der Waals surface area (Å²) in [5.74, 6) is 0.653. The number of rotatable bonds is 4. The van der Waals surface area contributed by atoms with Gasteiger partial charge in [0.15, 0.2) is 0 Å². The molecule has 3 rings (SSSR count). The van der Waals surface area contributed by atoms with E-state index in [1.807, 2.05) is 66.2 Å². The van der Waals surface area contributed by atoms with Gasteiger partial charge in [-0.2, -0.15) is 5.10 Å². The summed E-state index contributed by atoms with van der Waals surface area (Å²) in [6.07, 6.45) is 0.344. The average Bonchev–Trinajstić information content (AvgIpc) is 3.02. The van der Waals surface area contributed by atoms with Crippen LogP contribution in [0.15, 0.2) is 54.6 Å². The van der Waals surface area contributed by atoms with Crippen molar-refractivity contribution in [3.05, 3.63) is 77.0 Å². The third-order valence-corrected chi connectivity index (χ3v) is 4.64. The van der Waals surface area contributed by atoms with Crippen LogP contribution in [0.25, 0.3) is 5.69 Å². The summed E-state index contributed by atoms with van der Waals surface area (Å²) in [4.78, 5) is 12.7. The smallest absolute Gasteiger partial charge is 0.229 e. The van der Waals surface area contributed by atoms with Crippen LogP contribution in [0.4, 0.5) is 5.82 Å². The minimum Gasteiger partial charge on any atom is -0.310 e. The van der Waals surface area contributed by atoms with E-state index in [0.29, 0.717) is 12.2 Å². The van der Waals surface area contributed by atoms with E-state index in [2.05, 4.69) is 33.0 Å². The molecule has 0 atom stereocenters. The van der Waals surface area contributed by atoms with E-state index in [4.69, 9.17) is 5.10 Å². The molecule has 0 radical (unpaired) electrons. The number of nitrogens with zero attached hydrogens (tertiary/aromatic N) is 2. The first-order valence-electron chi connectivity index (χ1n) is 9.26. The van der Waals surface area contributed by atoms with Gasteiger partial charge in [0.05, 0.1) is 17.8 Å². The molecule has 4 nitrogen and oxygen atoms in total. The Balaban J connectivity index is 1.91. The average molecular weight is 361 g/mol. The summed E-state index contributed by atoms with van der Waals surface area (Å²) in [5, 5.41) is 7.81. The van der Waals surface area contributed by atoms with E-state index in [1.54, 1.807) is 0 Å². The molecule has 0 bridgehead atoms. The molecule has 0 spiro atoms. The van der Waals surface area contributed by atoms with Crippen molar-refractivity contribution in [2.24, 2.45) is 0 Å². The second-order valence-corrected chi connectivity index (χ2v) is 8.06. The first kappa shape index (κ1) is 18.9. The minimum atomic E-state index is -0.106. The van der Waals surface area contributed by atoms with E-state index in [-0.39, 0.29) is 11.3 Å². The van der Waals surface area contributed by atoms with Gasteiger partial charge < -0.3 is 5.32 Å². The van der Waals surface area contributed by atoms with Crippen LogP contribution in [0.2, 0.25) is 0 Å². The summed E-state index contributed by atoms with van der Waals surface area (Å²) in [6, 6.07) is 18.1. The highest BCUT2D eigenvalue weighted by molar-refractivity contribution is 5.92. The van der Waals surface area contributed by atoms with Crippen molar-refractivity contribution in [2.75, 3.05) is 5.32 Å². The van der Waals surface area contributed by atoms with Gasteiger partial charge in [0.2, 0.25) is 5.91 Å². The molecule has 27 heavy (non-hydrogen) atoms. The van der Waals surface area contributed by atoms with Crippen LogP contribution in [0, 0.1) is 13.8 Å². The number of anilines is 1. The van der Waals surface area contributed by atoms with Crippen molar-refractivity contribution in [3.63, 3.8) is 0 Å². The van der Waals surface area contributed by atoms with E-state index < -0.39 is 0 Å². The molecule has 1 amide bonds. The lowest BCUT2D eigenvalue weighted by Gasteiger charge is -2.14. The highest BCUT2D eigenvalue weighted by Crippen LogP contribution is 2.26. The lowest BCUT2D eigenvalue weighted by molar-refractivity contribution is -0.115. The predicted molar refractivity (Wildman–Crippen MR) is 111 cm³/mol. The van der Waals surface area contributed by atoms with Crippen LogP contribution >= 0.6 is 0 Å². The van der Waals surface area contributed by atoms with E-state index in [1.165, 1.54) is 5.56 Å². The number of hydrogen-bond donors (Lipinski definition) is 1. The normalized spacial score (nSPS) is 11.4. The zero-order chi connectivity index (χ0) is 19.6. The van der Waals surface area contributed by atoms with Gasteiger partial charge in [-0.3, -0.25) is 4.79 Å². The Morgan fingerprint density at radius 3 is 2.33 bits per heavy atom. The standard InChI is InChI=1S/C23H27N3O/c1-16-10-12-19(13-11-16)26-21(15-20(25-26)23(3,4)5)24-22(27)14-18-9-7-6-8-17(18)2/h6-13,15H,14H2,1-5H3,(H,24,27). The third kappa shape index (κ3) is 4.45. The molecule has 0 aliphatic heterocycles. The zero-order valence-corrected chi connectivity index (χ0v) is 16.7. The van der Waals surface area contributed by atoms with Gasteiger partial charge in [-0.1, -0.05) is 62.7 Å². The molecule has 1 heterocycles. The van der Waals surface area contributed by atoms with Gasteiger partial charge in [0.1, 0.15) is 5.82 Å². The highest BCUT2D eigenvalue weighted by Gasteiger charge is 2.21. The Morgan fingerprint density at radius 1 is 1.04 bits per heavy atom. The molecule has 4 heteroatoms. The van der Waals surface area contributed by atoms with Gasteiger partial charge in [0.25, 0.3) is 0 Å². The van der Waals surface area contributed by atoms with Gasteiger partial charge in [-0.25, -0.2) is 4.68 Å². The number of hydrogen-bond acceptors (Lipinski definition) is 2. The van der Waals surface area contributed by atoms with Crippen LogP contribution in [0.1, 0.15) is 43.2 Å². The van der Waals surface area contributed by atoms with Crippen molar-refractivity contribution in [2.45, 2.75) is 46.5 Å². The van der Waals surface area contributed by atoms with Gasteiger partial charge in [-0.15, -0.1) is 0 Å². The summed E-state index contributed by atoms with van der Waals surface area (Å²) in [6.45, 7) is 10.4. The highest BCUT2D eigenvalue weighted by atomic mass is 16.1. The van der Waals surface area contributed by atoms with Crippen LogP contribution < -0.4 is 5.32 Å². The topological polar surface area (TPSA) is 46.9 Å². The number of amides is 1. The van der Waals surface area contributed by atoms with Crippen LogP contribution in [-0.2, 0) is 16.6 Å². The maximum atomic E-state index is 12.7. The Hall–Kier alpha value is -2.88. The zero-order valence-electron chi connectivity index (χ0n) is 16.7. The lowest BCUT2D eigenvalue weighted by atomic mass is 9.92. The Morgan fingerprint density at radius 2 is 1.70 bits per heavy atom. The van der Waals surface area contributed by atoms with Crippen molar-refractivity contribution in [1.82, 2.24) is 9.78 Å². The summed E-state index contributed by atoms with van der Waals surface area (Å²) >= 11 is 0. The summed E-state index contributed by atoms with van der Waals surface area (Å²) < 4.78 is 1.82. The van der Waals surface area contributed by atoms with E-state index in [0.717, 1.165) is 22.5 Å². The molecule has 140 valence electrons. The molecule has 1 N–H and O–H groups in total. The molecular formula is C23H27N3O. The molecule has 2 aromatic carbocycles. The van der Waals surface area contributed by atoms with Gasteiger partial charge in [0, 0.05) is 11.5 Å². The van der Waals surface area contributed by atoms with E-state index in [9.17, 15) is 4.79 Å². The number of carbonyl (C=O) groups excluding carboxylic acids is 1. The SMILES string of the molecule is Cc1ccc(-n2nc(C(C)(C)C)cc2NC(=O)Cc2ccccc2C)cc1. The fourth-order valence-electron chi connectivity index (χ4n) is 2.89. The predicted octanol–water partition coefficient (Wildman–Crippen LogP) is 4.97. The fraction of sp³-hybridized carbons (Fsp3) is 0.304. The Labute approximate surface area is 161 Å². The molecule has 0 aliphatic carbocycles. The Bertz CT molecular complexity index is 946. The summed E-state index contributed by atoms with van der Waals surface area (Å²) in [7, 11) is 0. The minimum absolute atomic E-state index is 0.0435. The van der Waals surface area contributed by atoms with Crippen LogP contribution in [-0.4, -0.2) is 15.7 Å². The maximum Gasteiger partial charge on any atom is 0.229 e. The quantitative estimate of drug-likeness (QED) is 0.713. The number of aromatic nitrogens is 2. The molecule has 0 saturated heterocycles. The third-order valence-electron chi connectivity index (χ3n) is 4.64. The molecule has 0 fully saturated rings. The first-order valence-corrected chi connectivity index (χ1v) is 9.26. The number of carbonyl (C=O) groups is 1. The maximum absolute atomic E-state index is 12.7. The van der Waals surface area contributed by atoms with Crippen LogP contribution in [0.3, 0.4) is 0 Å². The fourth-order valence-corrected chi connectivity index (χ4v) is 2.89. The summed E-state index contributed by atoms with van der Waals surface area (Å²) in [5.41, 5.74) is 5.11. The molecule has 1 aromatic heterocycles. The number of benzene rings is 2. The van der Waals surface area contributed by atoms with Gasteiger partial charge >= 0.3 is 0 Å². The largest absolute Gasteiger partial charge is 0.310 e. The molecule has 3 aromatic rings. The second kappa shape index (κ2) is 7.39. The van der Waals surface area contributed by atoms with Gasteiger partial charge in [-0.05, 0) is 37.1 Å². The lowest BCUT2D eigenvalue weighted by Crippen LogP contribution is -2.17. The van der Waals surface area contributed by atoms with Crippen LogP contribution in [0.5, 0.6) is 0 Å². The molecule has 0 aliphatic rings. The molecule has 0 saturated carbocycles. The number of nitrogens with one attached hydrogen (secondary N) is 1. The molecule has 0 unspecified atom stereocenters. The first-order chi connectivity index (χ1) is 12.7. The van der Waals surface area contributed by atoms with E-state index >= 15 is 0 Å². The van der Waals surface area contributed by atoms with Crippen molar-refractivity contribution in [3.8, 4) is 5.69 Å². The second-order valence-electron chi connectivity index (χ2n) is 8.06. The molecular weight excluding hydrogens is 334 g/mol. The number of aryl methyl sites for hydroxylation is 2. The van der Waals surface area contributed by atoms with Crippen molar-refractivity contribution < 1.29 is 4.79 Å². The van der Waals surface area contributed by atoms with Crippen molar-refractivity contribution >= 4 is 11.7 Å². The van der Waals surface area contributed by atoms with Crippen molar-refractivity contribution in [1.29, 1.82) is 0 Å². The monoisotopic (exact) mass is 361 g/mol. The Kier molecular flexibility index (Phi) is 5.17.